The van der Waals surface area contributed by atoms with Crippen LogP contribution in [0, 0.1) is 11.8 Å². The molecule has 2 aliphatic carbocycles. The van der Waals surface area contributed by atoms with Crippen molar-refractivity contribution in [1.29, 1.82) is 0 Å². The smallest absolute Gasteiger partial charge is 0.171 e. The summed E-state index contributed by atoms with van der Waals surface area (Å²) in [7, 11) is 0. The summed E-state index contributed by atoms with van der Waals surface area (Å²) in [5.74, 6) is 0.237. The fraction of sp³-hybridized carbons (Fsp3) is 1.00. The molecule has 2 heterocycles. The Morgan fingerprint density at radius 2 is 0.950 bits per heavy atom. The number of rotatable bonds is 1. The Kier molecular flexibility index (Phi) is 3.53. The Morgan fingerprint density at radius 1 is 0.550 bits per heavy atom. The molecule has 114 valence electrons. The molecule has 4 heteroatoms. The van der Waals surface area contributed by atoms with Crippen LogP contribution < -0.4 is 0 Å². The van der Waals surface area contributed by atoms with E-state index in [0.717, 1.165) is 52.1 Å². The van der Waals surface area contributed by atoms with Gasteiger partial charge in [0, 0.05) is 24.7 Å². The third-order valence-electron chi connectivity index (χ3n) is 5.66. The van der Waals surface area contributed by atoms with Gasteiger partial charge in [-0.3, -0.25) is 0 Å². The van der Waals surface area contributed by atoms with E-state index >= 15 is 0 Å². The monoisotopic (exact) mass is 282 g/mol. The molecule has 2 saturated heterocycles. The summed E-state index contributed by atoms with van der Waals surface area (Å²) in [5.41, 5.74) is 0. The van der Waals surface area contributed by atoms with Gasteiger partial charge in [-0.2, -0.15) is 0 Å². The number of hydrogen-bond donors (Lipinski definition) is 0. The molecule has 2 saturated carbocycles. The van der Waals surface area contributed by atoms with E-state index in [9.17, 15) is 0 Å². The van der Waals surface area contributed by atoms with Crippen LogP contribution in [0.1, 0.15) is 51.4 Å². The summed E-state index contributed by atoms with van der Waals surface area (Å²) in [6, 6.07) is 0. The summed E-state index contributed by atoms with van der Waals surface area (Å²) in [4.78, 5) is 0. The zero-order chi connectivity index (χ0) is 13.5. The summed E-state index contributed by atoms with van der Waals surface area (Å²) in [5, 5.41) is 0. The van der Waals surface area contributed by atoms with Crippen molar-refractivity contribution in [3.63, 3.8) is 0 Å². The average molecular weight is 282 g/mol. The highest BCUT2D eigenvalue weighted by atomic mass is 16.7. The van der Waals surface area contributed by atoms with E-state index in [0.29, 0.717) is 11.8 Å². The molecule has 0 bridgehead atoms. The second-order valence-corrected chi connectivity index (χ2v) is 6.72. The maximum atomic E-state index is 6.15. The first-order valence-electron chi connectivity index (χ1n) is 8.41. The van der Waals surface area contributed by atoms with Crippen LogP contribution in [0.25, 0.3) is 0 Å². The molecule has 2 unspecified atom stereocenters. The lowest BCUT2D eigenvalue weighted by Crippen LogP contribution is -2.53. The van der Waals surface area contributed by atoms with Crippen LogP contribution in [-0.4, -0.2) is 38.0 Å². The quantitative estimate of drug-likeness (QED) is 0.741. The summed E-state index contributed by atoms with van der Waals surface area (Å²) in [6.07, 6.45) is 8.94. The standard InChI is InChI=1S/C16H26O4/c1-5-13(15(7-1)17-9-3-10-18-15)14-6-2-8-16(14)19-11-4-12-20-16/h13-14H,1-12H2. The lowest BCUT2D eigenvalue weighted by atomic mass is 9.82. The molecule has 0 N–H and O–H groups in total. The molecule has 0 radical (unpaired) electrons. The van der Waals surface area contributed by atoms with Crippen molar-refractivity contribution in [2.45, 2.75) is 62.9 Å². The molecule has 2 spiro atoms. The van der Waals surface area contributed by atoms with Crippen LogP contribution in [0.5, 0.6) is 0 Å². The summed E-state index contributed by atoms with van der Waals surface area (Å²) < 4.78 is 24.6. The van der Waals surface area contributed by atoms with Crippen molar-refractivity contribution in [1.82, 2.24) is 0 Å². The van der Waals surface area contributed by atoms with E-state index in [1.165, 1.54) is 25.7 Å². The third kappa shape index (κ3) is 2.04. The Bertz CT molecular complexity index is 310. The van der Waals surface area contributed by atoms with Crippen molar-refractivity contribution >= 4 is 0 Å². The fourth-order valence-electron chi connectivity index (χ4n) is 4.86. The predicted molar refractivity (Wildman–Crippen MR) is 73.2 cm³/mol. The lowest BCUT2D eigenvalue weighted by molar-refractivity contribution is -0.333. The first-order chi connectivity index (χ1) is 9.85. The van der Waals surface area contributed by atoms with E-state index in [2.05, 4.69) is 0 Å². The fourth-order valence-corrected chi connectivity index (χ4v) is 4.86. The molecule has 4 fully saturated rings. The average Bonchev–Trinajstić information content (AvgIpc) is 3.05. The zero-order valence-electron chi connectivity index (χ0n) is 12.3. The highest BCUT2D eigenvalue weighted by molar-refractivity contribution is 5.00. The molecule has 4 aliphatic rings. The Morgan fingerprint density at radius 3 is 1.35 bits per heavy atom. The van der Waals surface area contributed by atoms with Crippen molar-refractivity contribution in [2.24, 2.45) is 11.8 Å². The highest BCUT2D eigenvalue weighted by Crippen LogP contribution is 2.54. The second-order valence-electron chi connectivity index (χ2n) is 6.72. The summed E-state index contributed by atoms with van der Waals surface area (Å²) in [6.45, 7) is 3.38. The van der Waals surface area contributed by atoms with Gasteiger partial charge in [0.2, 0.25) is 0 Å². The van der Waals surface area contributed by atoms with Crippen LogP contribution >= 0.6 is 0 Å². The maximum absolute atomic E-state index is 6.15. The molecular formula is C16H26O4. The number of ether oxygens (including phenoxy) is 4. The molecule has 0 aromatic rings. The van der Waals surface area contributed by atoms with Gasteiger partial charge in [-0.25, -0.2) is 0 Å². The number of hydrogen-bond acceptors (Lipinski definition) is 4. The maximum Gasteiger partial charge on any atom is 0.171 e. The van der Waals surface area contributed by atoms with Gasteiger partial charge in [0.05, 0.1) is 26.4 Å². The van der Waals surface area contributed by atoms with Gasteiger partial charge in [0.15, 0.2) is 11.6 Å². The van der Waals surface area contributed by atoms with E-state index in [4.69, 9.17) is 18.9 Å². The zero-order valence-corrected chi connectivity index (χ0v) is 12.3. The SMILES string of the molecule is C1COC2(CCCC2C2CCCC23OCCCO3)OC1. The Labute approximate surface area is 121 Å². The van der Waals surface area contributed by atoms with E-state index < -0.39 is 0 Å². The van der Waals surface area contributed by atoms with E-state index in [1.54, 1.807) is 0 Å². The van der Waals surface area contributed by atoms with Gasteiger partial charge >= 0.3 is 0 Å². The normalized spacial score (nSPS) is 39.6. The molecule has 0 aromatic heterocycles. The van der Waals surface area contributed by atoms with Crippen molar-refractivity contribution in [3.05, 3.63) is 0 Å². The minimum atomic E-state index is -0.329. The van der Waals surface area contributed by atoms with Crippen LogP contribution in [-0.2, 0) is 18.9 Å². The van der Waals surface area contributed by atoms with Crippen LogP contribution in [0.2, 0.25) is 0 Å². The van der Waals surface area contributed by atoms with Gasteiger partial charge in [-0.1, -0.05) is 0 Å². The predicted octanol–water partition coefficient (Wildman–Crippen LogP) is 2.85. The van der Waals surface area contributed by atoms with Crippen LogP contribution in [0.3, 0.4) is 0 Å². The van der Waals surface area contributed by atoms with Gasteiger partial charge < -0.3 is 18.9 Å². The van der Waals surface area contributed by atoms with Crippen molar-refractivity contribution in [3.8, 4) is 0 Å². The molecule has 0 amide bonds. The van der Waals surface area contributed by atoms with E-state index in [-0.39, 0.29) is 11.6 Å². The topological polar surface area (TPSA) is 36.9 Å². The first-order valence-corrected chi connectivity index (χ1v) is 8.41. The molecule has 20 heavy (non-hydrogen) atoms. The highest BCUT2D eigenvalue weighted by Gasteiger charge is 2.58. The minimum absolute atomic E-state index is 0.329. The third-order valence-corrected chi connectivity index (χ3v) is 5.66. The first kappa shape index (κ1) is 13.5. The van der Waals surface area contributed by atoms with Crippen molar-refractivity contribution < 1.29 is 18.9 Å². The van der Waals surface area contributed by atoms with Gasteiger partial charge in [0.1, 0.15) is 0 Å². The minimum Gasteiger partial charge on any atom is -0.350 e. The Balaban J connectivity index is 1.58. The van der Waals surface area contributed by atoms with Gasteiger partial charge in [-0.05, 0) is 38.5 Å². The Hall–Kier alpha value is -0.160. The second kappa shape index (κ2) is 5.24. The lowest BCUT2D eigenvalue weighted by Gasteiger charge is -2.47. The molecule has 4 nitrogen and oxygen atoms in total. The van der Waals surface area contributed by atoms with E-state index in [1.807, 2.05) is 0 Å². The largest absolute Gasteiger partial charge is 0.350 e. The van der Waals surface area contributed by atoms with Crippen LogP contribution in [0.15, 0.2) is 0 Å². The molecule has 2 aliphatic heterocycles. The molecule has 4 rings (SSSR count). The molecular weight excluding hydrogens is 256 g/mol. The summed E-state index contributed by atoms with van der Waals surface area (Å²) >= 11 is 0. The molecule has 0 aromatic carbocycles. The van der Waals surface area contributed by atoms with Crippen molar-refractivity contribution in [2.75, 3.05) is 26.4 Å². The van der Waals surface area contributed by atoms with Gasteiger partial charge in [-0.15, -0.1) is 0 Å². The molecule has 2 atom stereocenters. The van der Waals surface area contributed by atoms with Gasteiger partial charge in [0.25, 0.3) is 0 Å². The van der Waals surface area contributed by atoms with Crippen LogP contribution in [0.4, 0.5) is 0 Å².